The van der Waals surface area contributed by atoms with Crippen LogP contribution < -0.4 is 10.0 Å². The van der Waals surface area contributed by atoms with E-state index < -0.39 is 10.0 Å². The van der Waals surface area contributed by atoms with Gasteiger partial charge in [-0.3, -0.25) is 0 Å². The summed E-state index contributed by atoms with van der Waals surface area (Å²) < 4.78 is 25.8. The van der Waals surface area contributed by atoms with Crippen LogP contribution in [-0.4, -0.2) is 32.7 Å². The molecule has 0 radical (unpaired) electrons. The maximum Gasteiger partial charge on any atom is 0.211 e. The van der Waals surface area contributed by atoms with Crippen LogP contribution >= 0.6 is 11.3 Å². The molecule has 0 atom stereocenters. The number of nitrogens with one attached hydrogen (secondary N) is 2. The molecular formula is C10H19N3O2S2. The van der Waals surface area contributed by atoms with E-state index in [0.717, 1.165) is 22.9 Å². The second kappa shape index (κ2) is 7.05. The number of thiazole rings is 1. The number of unbranched alkanes of at least 4 members (excludes halogenated alkanes) is 1. The maximum atomic E-state index is 11.6. The highest BCUT2D eigenvalue weighted by atomic mass is 32.2. The SMILES string of the molecule is CNCCCCS(=O)(=O)NCc1ncc(C)s1. The Kier molecular flexibility index (Phi) is 6.04. The van der Waals surface area contributed by atoms with Crippen molar-refractivity contribution >= 4 is 21.4 Å². The van der Waals surface area contributed by atoms with Gasteiger partial charge in [-0.25, -0.2) is 18.1 Å². The number of sulfonamides is 1. The largest absolute Gasteiger partial charge is 0.320 e. The Hall–Kier alpha value is -0.500. The second-order valence-corrected chi connectivity index (χ2v) is 7.06. The molecule has 0 fully saturated rings. The molecule has 0 amide bonds. The highest BCUT2D eigenvalue weighted by Gasteiger charge is 2.10. The van der Waals surface area contributed by atoms with Crippen LogP contribution in [0.25, 0.3) is 0 Å². The highest BCUT2D eigenvalue weighted by Crippen LogP contribution is 2.10. The minimum absolute atomic E-state index is 0.180. The first-order valence-corrected chi connectivity index (χ1v) is 8.03. The summed E-state index contributed by atoms with van der Waals surface area (Å²) in [5.74, 6) is 0.180. The lowest BCUT2D eigenvalue weighted by atomic mass is 10.3. The minimum Gasteiger partial charge on any atom is -0.320 e. The molecule has 0 bridgehead atoms. The van der Waals surface area contributed by atoms with E-state index >= 15 is 0 Å². The molecule has 0 spiro atoms. The molecule has 98 valence electrons. The van der Waals surface area contributed by atoms with Crippen molar-refractivity contribution in [2.24, 2.45) is 0 Å². The Morgan fingerprint density at radius 2 is 2.18 bits per heavy atom. The third-order valence-corrected chi connectivity index (χ3v) is 4.53. The molecule has 0 aliphatic heterocycles. The first kappa shape index (κ1) is 14.6. The Balaban J connectivity index is 2.29. The van der Waals surface area contributed by atoms with Gasteiger partial charge in [-0.15, -0.1) is 11.3 Å². The second-order valence-electron chi connectivity index (χ2n) is 3.82. The van der Waals surface area contributed by atoms with E-state index in [-0.39, 0.29) is 5.75 Å². The topological polar surface area (TPSA) is 71.1 Å². The quantitative estimate of drug-likeness (QED) is 0.692. The standard InChI is InChI=1S/C10H19N3O2S2/c1-9-7-12-10(16-9)8-13-17(14,15)6-4-3-5-11-2/h7,11,13H,3-6,8H2,1-2H3. The fraction of sp³-hybridized carbons (Fsp3) is 0.700. The monoisotopic (exact) mass is 277 g/mol. The fourth-order valence-corrected chi connectivity index (χ4v) is 3.22. The molecule has 7 heteroatoms. The van der Waals surface area contributed by atoms with Gasteiger partial charge in [-0.1, -0.05) is 0 Å². The summed E-state index contributed by atoms with van der Waals surface area (Å²) in [7, 11) is -1.30. The Morgan fingerprint density at radius 3 is 2.76 bits per heavy atom. The number of hydrogen-bond donors (Lipinski definition) is 2. The summed E-state index contributed by atoms with van der Waals surface area (Å²) in [5.41, 5.74) is 0. The zero-order chi connectivity index (χ0) is 12.7. The van der Waals surface area contributed by atoms with Crippen LogP contribution in [0.2, 0.25) is 0 Å². The van der Waals surface area contributed by atoms with Crippen molar-refractivity contribution in [2.75, 3.05) is 19.3 Å². The van der Waals surface area contributed by atoms with Crippen molar-refractivity contribution in [1.82, 2.24) is 15.0 Å². The smallest absolute Gasteiger partial charge is 0.211 e. The third kappa shape index (κ3) is 6.11. The lowest BCUT2D eigenvalue weighted by Gasteiger charge is -2.04. The van der Waals surface area contributed by atoms with Crippen LogP contribution in [0.15, 0.2) is 6.20 Å². The van der Waals surface area contributed by atoms with Crippen molar-refractivity contribution < 1.29 is 8.42 Å². The number of rotatable bonds is 8. The first-order chi connectivity index (χ1) is 8.03. The average Bonchev–Trinajstić information content (AvgIpc) is 2.68. The van der Waals surface area contributed by atoms with Crippen molar-refractivity contribution in [3.8, 4) is 0 Å². The van der Waals surface area contributed by atoms with Crippen molar-refractivity contribution in [1.29, 1.82) is 0 Å². The van der Waals surface area contributed by atoms with Gasteiger partial charge >= 0.3 is 0 Å². The maximum absolute atomic E-state index is 11.6. The minimum atomic E-state index is -3.16. The Bertz CT molecular complexity index is 429. The number of hydrogen-bond acceptors (Lipinski definition) is 5. The molecular weight excluding hydrogens is 258 g/mol. The van der Waals surface area contributed by atoms with E-state index in [9.17, 15) is 8.42 Å². The molecule has 2 N–H and O–H groups in total. The third-order valence-electron chi connectivity index (χ3n) is 2.20. The van der Waals surface area contributed by atoms with Gasteiger partial charge in [-0.2, -0.15) is 0 Å². The number of aromatic nitrogens is 1. The van der Waals surface area contributed by atoms with Gasteiger partial charge in [0.2, 0.25) is 10.0 Å². The molecule has 1 heterocycles. The summed E-state index contributed by atoms with van der Waals surface area (Å²) in [6, 6.07) is 0. The van der Waals surface area contributed by atoms with Crippen molar-refractivity contribution in [2.45, 2.75) is 26.3 Å². The van der Waals surface area contributed by atoms with Crippen LogP contribution in [0.3, 0.4) is 0 Å². The predicted molar refractivity (Wildman–Crippen MR) is 70.6 cm³/mol. The lowest BCUT2D eigenvalue weighted by molar-refractivity contribution is 0.575. The van der Waals surface area contributed by atoms with Crippen LogP contribution in [0.5, 0.6) is 0 Å². The molecule has 0 aliphatic rings. The van der Waals surface area contributed by atoms with Crippen LogP contribution in [0, 0.1) is 6.92 Å². The Labute approximate surface area is 107 Å². The van der Waals surface area contributed by atoms with Crippen molar-refractivity contribution in [3.05, 3.63) is 16.1 Å². The van der Waals surface area contributed by atoms with E-state index in [1.54, 1.807) is 6.20 Å². The average molecular weight is 277 g/mol. The van der Waals surface area contributed by atoms with E-state index in [1.807, 2.05) is 14.0 Å². The summed E-state index contributed by atoms with van der Waals surface area (Å²) in [5, 5.41) is 3.80. The lowest BCUT2D eigenvalue weighted by Crippen LogP contribution is -2.26. The Morgan fingerprint density at radius 1 is 1.41 bits per heavy atom. The molecule has 1 rings (SSSR count). The van der Waals surface area contributed by atoms with Gasteiger partial charge in [0, 0.05) is 11.1 Å². The van der Waals surface area contributed by atoms with E-state index in [1.165, 1.54) is 11.3 Å². The molecule has 17 heavy (non-hydrogen) atoms. The van der Waals surface area contributed by atoms with Crippen LogP contribution in [0.4, 0.5) is 0 Å². The zero-order valence-electron chi connectivity index (χ0n) is 10.2. The number of aryl methyl sites for hydroxylation is 1. The van der Waals surface area contributed by atoms with Crippen molar-refractivity contribution in [3.63, 3.8) is 0 Å². The van der Waals surface area contributed by atoms with Gasteiger partial charge in [0.25, 0.3) is 0 Å². The molecule has 0 saturated heterocycles. The van der Waals surface area contributed by atoms with Gasteiger partial charge in [0.15, 0.2) is 0 Å². The summed E-state index contributed by atoms with van der Waals surface area (Å²) in [4.78, 5) is 5.20. The van der Waals surface area contributed by atoms with Crippen LogP contribution in [-0.2, 0) is 16.6 Å². The highest BCUT2D eigenvalue weighted by molar-refractivity contribution is 7.89. The predicted octanol–water partition coefficient (Wildman–Crippen LogP) is 0.871. The van der Waals surface area contributed by atoms with Gasteiger partial charge in [0.1, 0.15) is 5.01 Å². The zero-order valence-corrected chi connectivity index (χ0v) is 11.8. The molecule has 0 aromatic carbocycles. The fourth-order valence-electron chi connectivity index (χ4n) is 1.32. The van der Waals surface area contributed by atoms with Gasteiger partial charge < -0.3 is 5.32 Å². The van der Waals surface area contributed by atoms with Gasteiger partial charge in [0.05, 0.1) is 12.3 Å². The molecule has 5 nitrogen and oxygen atoms in total. The number of nitrogens with zero attached hydrogens (tertiary/aromatic N) is 1. The molecule has 0 aliphatic carbocycles. The molecule has 0 unspecified atom stereocenters. The molecule has 1 aromatic rings. The first-order valence-electron chi connectivity index (χ1n) is 5.57. The molecule has 0 saturated carbocycles. The summed E-state index contributed by atoms with van der Waals surface area (Å²) in [6.07, 6.45) is 3.29. The normalized spacial score (nSPS) is 11.9. The summed E-state index contributed by atoms with van der Waals surface area (Å²) in [6.45, 7) is 3.10. The van der Waals surface area contributed by atoms with E-state index in [0.29, 0.717) is 13.0 Å². The van der Waals surface area contributed by atoms with Crippen LogP contribution in [0.1, 0.15) is 22.7 Å². The molecule has 1 aromatic heterocycles. The van der Waals surface area contributed by atoms with E-state index in [2.05, 4.69) is 15.0 Å². The van der Waals surface area contributed by atoms with Gasteiger partial charge in [-0.05, 0) is 33.4 Å². The van der Waals surface area contributed by atoms with E-state index in [4.69, 9.17) is 0 Å². The summed E-state index contributed by atoms with van der Waals surface area (Å²) >= 11 is 1.51.